The molecule has 0 radical (unpaired) electrons. The zero-order chi connectivity index (χ0) is 28.8. The van der Waals surface area contributed by atoms with E-state index in [2.05, 4.69) is 20.4 Å². The molecule has 0 spiro atoms. The summed E-state index contributed by atoms with van der Waals surface area (Å²) >= 11 is 0. The molecule has 3 N–H and O–H groups in total. The molecule has 4 unspecified atom stereocenters. The zero-order valence-corrected chi connectivity index (χ0v) is 23.5. The molecule has 0 bridgehead atoms. The molecular formula is C28H32F2N6O3S. The quantitative estimate of drug-likeness (QED) is 0.323. The molecular weight excluding hydrogens is 538 g/mol. The summed E-state index contributed by atoms with van der Waals surface area (Å²) in [6.45, 7) is 5.46. The number of imidazole rings is 1. The van der Waals surface area contributed by atoms with Gasteiger partial charge in [0.25, 0.3) is 0 Å². The van der Waals surface area contributed by atoms with Crippen LogP contribution in [0.5, 0.6) is 5.75 Å². The van der Waals surface area contributed by atoms with E-state index in [1.807, 2.05) is 13.0 Å². The van der Waals surface area contributed by atoms with Crippen LogP contribution in [0.2, 0.25) is 0 Å². The van der Waals surface area contributed by atoms with Gasteiger partial charge in [0.2, 0.25) is 5.95 Å². The van der Waals surface area contributed by atoms with Crippen molar-refractivity contribution in [2.75, 3.05) is 11.6 Å². The fourth-order valence-corrected chi connectivity index (χ4v) is 7.48. The van der Waals surface area contributed by atoms with E-state index in [4.69, 9.17) is 10.5 Å². The van der Waals surface area contributed by atoms with Crippen molar-refractivity contribution in [3.8, 4) is 17.0 Å². The molecule has 40 heavy (non-hydrogen) atoms. The van der Waals surface area contributed by atoms with E-state index in [0.717, 1.165) is 17.7 Å². The van der Waals surface area contributed by atoms with Crippen LogP contribution in [0.4, 0.5) is 20.4 Å². The first-order chi connectivity index (χ1) is 18.9. The number of hydrogen-bond acceptors (Lipinski definition) is 8. The highest BCUT2D eigenvalue weighted by Crippen LogP contribution is 2.41. The van der Waals surface area contributed by atoms with E-state index in [9.17, 15) is 17.2 Å². The highest BCUT2D eigenvalue weighted by molar-refractivity contribution is 7.91. The van der Waals surface area contributed by atoms with Gasteiger partial charge < -0.3 is 15.8 Å². The van der Waals surface area contributed by atoms with Gasteiger partial charge in [-0.25, -0.2) is 22.2 Å². The predicted molar refractivity (Wildman–Crippen MR) is 149 cm³/mol. The maximum absolute atomic E-state index is 15.0. The third-order valence-corrected chi connectivity index (χ3v) is 9.06. The van der Waals surface area contributed by atoms with Crippen molar-refractivity contribution in [1.82, 2.24) is 19.6 Å². The average Bonchev–Trinajstić information content (AvgIpc) is 3.24. The van der Waals surface area contributed by atoms with Crippen molar-refractivity contribution in [2.24, 2.45) is 11.7 Å². The fraction of sp³-hybridized carbons (Fsp3) is 0.393. The highest BCUT2D eigenvalue weighted by atomic mass is 32.2. The molecule has 1 fully saturated rings. The van der Waals surface area contributed by atoms with Crippen molar-refractivity contribution in [3.05, 3.63) is 66.1 Å². The number of nitrogens with one attached hydrogen (secondary N) is 1. The maximum Gasteiger partial charge on any atom is 0.229 e. The zero-order valence-electron chi connectivity index (χ0n) is 22.7. The van der Waals surface area contributed by atoms with E-state index in [0.29, 0.717) is 30.0 Å². The van der Waals surface area contributed by atoms with Crippen LogP contribution in [0.1, 0.15) is 45.1 Å². The summed E-state index contributed by atoms with van der Waals surface area (Å²) in [7, 11) is -3.28. The van der Waals surface area contributed by atoms with E-state index < -0.39 is 32.8 Å². The lowest BCUT2D eigenvalue weighted by molar-refractivity contribution is 0.240. The molecule has 12 heteroatoms. The Labute approximate surface area is 231 Å². The number of pyridine rings is 1. The minimum absolute atomic E-state index is 0.00184. The first kappa shape index (κ1) is 27.9. The maximum atomic E-state index is 15.0. The number of fused-ring (bicyclic) bond motifs is 1. The van der Waals surface area contributed by atoms with Gasteiger partial charge in [-0.05, 0) is 62.3 Å². The Bertz CT molecular complexity index is 1620. The van der Waals surface area contributed by atoms with Gasteiger partial charge in [-0.1, -0.05) is 6.92 Å². The minimum atomic E-state index is -3.28. The summed E-state index contributed by atoms with van der Waals surface area (Å²) < 4.78 is 61.5. The summed E-state index contributed by atoms with van der Waals surface area (Å²) in [5.74, 6) is -1.28. The Morgan fingerprint density at radius 2 is 1.85 bits per heavy atom. The first-order valence-electron chi connectivity index (χ1n) is 13.1. The third-order valence-electron chi connectivity index (χ3n) is 7.26. The van der Waals surface area contributed by atoms with Crippen molar-refractivity contribution >= 4 is 27.0 Å². The Balaban J connectivity index is 1.47. The smallest absolute Gasteiger partial charge is 0.229 e. The number of aromatic nitrogens is 4. The monoisotopic (exact) mass is 570 g/mol. The SMILES string of the molecule is CC(C)Oc1cc(F)c(-c2ccc3cnc(Nc4cnccc4C4CC(C)C(S(C)(=O)=O)C(N)C4)n3n2)c(F)c1. The molecule has 1 saturated carbocycles. The van der Waals surface area contributed by atoms with Gasteiger partial charge in [-0.15, -0.1) is 0 Å². The van der Waals surface area contributed by atoms with E-state index in [1.165, 1.54) is 16.8 Å². The van der Waals surface area contributed by atoms with Gasteiger partial charge in [0.05, 0.1) is 46.2 Å². The van der Waals surface area contributed by atoms with Crippen molar-refractivity contribution in [1.29, 1.82) is 0 Å². The van der Waals surface area contributed by atoms with Gasteiger partial charge in [-0.2, -0.15) is 9.61 Å². The number of anilines is 2. The summed E-state index contributed by atoms with van der Waals surface area (Å²) in [4.78, 5) is 8.68. The largest absolute Gasteiger partial charge is 0.491 e. The average molecular weight is 571 g/mol. The molecule has 0 amide bonds. The van der Waals surface area contributed by atoms with E-state index in [-0.39, 0.29) is 34.9 Å². The molecule has 3 aromatic heterocycles. The van der Waals surface area contributed by atoms with Crippen LogP contribution < -0.4 is 15.8 Å². The fourth-order valence-electron chi connectivity index (χ4n) is 5.78. The van der Waals surface area contributed by atoms with Crippen LogP contribution in [0, 0.1) is 17.6 Å². The van der Waals surface area contributed by atoms with Crippen LogP contribution in [0.15, 0.2) is 48.9 Å². The number of sulfone groups is 1. The Hall–Kier alpha value is -3.64. The minimum Gasteiger partial charge on any atom is -0.491 e. The Kier molecular flexibility index (Phi) is 7.49. The number of benzene rings is 1. The van der Waals surface area contributed by atoms with Crippen molar-refractivity contribution in [2.45, 2.75) is 56.9 Å². The molecule has 212 valence electrons. The number of nitrogens with zero attached hydrogens (tertiary/aromatic N) is 4. The van der Waals surface area contributed by atoms with Crippen molar-refractivity contribution < 1.29 is 21.9 Å². The van der Waals surface area contributed by atoms with Gasteiger partial charge in [0, 0.05) is 30.6 Å². The van der Waals surface area contributed by atoms with Gasteiger partial charge >= 0.3 is 0 Å². The molecule has 1 aliphatic carbocycles. The molecule has 0 saturated heterocycles. The third kappa shape index (κ3) is 5.50. The predicted octanol–water partition coefficient (Wildman–Crippen LogP) is 4.85. The highest BCUT2D eigenvalue weighted by Gasteiger charge is 2.40. The van der Waals surface area contributed by atoms with Crippen LogP contribution in [-0.2, 0) is 9.84 Å². The molecule has 5 rings (SSSR count). The molecule has 3 heterocycles. The van der Waals surface area contributed by atoms with Crippen LogP contribution in [0.25, 0.3) is 16.8 Å². The molecule has 1 aliphatic rings. The second-order valence-electron chi connectivity index (χ2n) is 10.8. The normalized spacial score (nSPS) is 21.6. The number of rotatable bonds is 7. The molecule has 1 aromatic carbocycles. The Morgan fingerprint density at radius 1 is 1.12 bits per heavy atom. The number of nitrogens with two attached hydrogens (primary N) is 1. The second-order valence-corrected chi connectivity index (χ2v) is 13.0. The lowest BCUT2D eigenvalue weighted by Gasteiger charge is -2.38. The van der Waals surface area contributed by atoms with Gasteiger partial charge in [0.15, 0.2) is 9.84 Å². The van der Waals surface area contributed by atoms with Crippen molar-refractivity contribution in [3.63, 3.8) is 0 Å². The lowest BCUT2D eigenvalue weighted by Crippen LogP contribution is -2.48. The lowest BCUT2D eigenvalue weighted by atomic mass is 9.76. The number of ether oxygens (including phenoxy) is 1. The summed E-state index contributed by atoms with van der Waals surface area (Å²) in [5, 5.41) is 7.15. The Morgan fingerprint density at radius 3 is 2.50 bits per heavy atom. The molecule has 4 aromatic rings. The summed E-state index contributed by atoms with van der Waals surface area (Å²) in [6, 6.07) is 6.88. The van der Waals surface area contributed by atoms with Gasteiger partial charge in [0.1, 0.15) is 17.4 Å². The standard InChI is InChI=1S/C28H32F2N6O3S/c1-15(2)39-19-11-21(29)26(22(30)12-19)24-6-5-18-13-33-28(36(18)35-24)34-25-14-32-8-7-20(25)17-9-16(3)27(23(31)10-17)40(4,37)38/h5-8,11-17,23,27H,9-10,31H2,1-4H3,(H,33,34). The van der Waals surface area contributed by atoms with Crippen LogP contribution >= 0.6 is 0 Å². The number of halogens is 2. The summed E-state index contributed by atoms with van der Waals surface area (Å²) in [6.07, 6.45) is 7.08. The van der Waals surface area contributed by atoms with Crippen LogP contribution in [-0.4, -0.2) is 51.7 Å². The van der Waals surface area contributed by atoms with Gasteiger partial charge in [-0.3, -0.25) is 4.98 Å². The molecule has 9 nitrogen and oxygen atoms in total. The molecule has 4 atom stereocenters. The summed E-state index contributed by atoms with van der Waals surface area (Å²) in [5.41, 5.74) is 8.38. The molecule has 0 aliphatic heterocycles. The van der Waals surface area contributed by atoms with E-state index in [1.54, 1.807) is 38.5 Å². The first-order valence-corrected chi connectivity index (χ1v) is 15.0. The van der Waals surface area contributed by atoms with E-state index >= 15 is 0 Å². The van der Waals surface area contributed by atoms with Crippen LogP contribution in [0.3, 0.4) is 0 Å². The number of hydrogen-bond donors (Lipinski definition) is 2. The topological polar surface area (TPSA) is 124 Å². The second kappa shape index (κ2) is 10.7.